The SMILES string of the molecule is CCNCCCN(C)S(=O)(=O)NC(CC(C)C)CN(C)C. The molecular weight excluding hydrogens is 288 g/mol. The first-order chi connectivity index (χ1) is 9.69. The van der Waals surface area contributed by atoms with E-state index >= 15 is 0 Å². The first-order valence-electron chi connectivity index (χ1n) is 7.78. The molecule has 0 heterocycles. The molecule has 0 aromatic carbocycles. The zero-order valence-electron chi connectivity index (χ0n) is 14.5. The quantitative estimate of drug-likeness (QED) is 0.520. The highest BCUT2D eigenvalue weighted by Gasteiger charge is 2.23. The van der Waals surface area contributed by atoms with E-state index in [1.165, 1.54) is 4.31 Å². The lowest BCUT2D eigenvalue weighted by molar-refractivity contribution is 0.323. The van der Waals surface area contributed by atoms with Crippen molar-refractivity contribution in [1.82, 2.24) is 19.2 Å². The second-order valence-corrected chi connectivity index (χ2v) is 8.05. The number of likely N-dealkylation sites (N-methyl/N-ethyl adjacent to an activating group) is 1. The zero-order chi connectivity index (χ0) is 16.5. The van der Waals surface area contributed by atoms with Gasteiger partial charge in [0.2, 0.25) is 0 Å². The molecule has 0 saturated heterocycles. The molecule has 0 aliphatic heterocycles. The van der Waals surface area contributed by atoms with Crippen LogP contribution in [0.1, 0.15) is 33.6 Å². The summed E-state index contributed by atoms with van der Waals surface area (Å²) in [6.07, 6.45) is 1.65. The van der Waals surface area contributed by atoms with Crippen LogP contribution in [0, 0.1) is 5.92 Å². The van der Waals surface area contributed by atoms with Gasteiger partial charge in [0.1, 0.15) is 0 Å². The standard InChI is InChI=1S/C14H34N4O2S/c1-7-15-9-8-10-18(6)21(19,20)16-14(11-13(2)3)12-17(4)5/h13-16H,7-12H2,1-6H3. The Morgan fingerprint density at radius 3 is 2.24 bits per heavy atom. The summed E-state index contributed by atoms with van der Waals surface area (Å²) in [6.45, 7) is 9.24. The van der Waals surface area contributed by atoms with Crippen molar-refractivity contribution >= 4 is 10.2 Å². The highest BCUT2D eigenvalue weighted by molar-refractivity contribution is 7.87. The largest absolute Gasteiger partial charge is 0.317 e. The van der Waals surface area contributed by atoms with Crippen LogP contribution in [0.4, 0.5) is 0 Å². The van der Waals surface area contributed by atoms with Crippen LogP contribution in [0.2, 0.25) is 0 Å². The molecule has 0 aromatic rings. The van der Waals surface area contributed by atoms with E-state index in [1.54, 1.807) is 7.05 Å². The van der Waals surface area contributed by atoms with Gasteiger partial charge in [-0.1, -0.05) is 20.8 Å². The Kier molecular flexibility index (Phi) is 10.4. The summed E-state index contributed by atoms with van der Waals surface area (Å²) in [5, 5.41) is 3.20. The van der Waals surface area contributed by atoms with Crippen molar-refractivity contribution in [3.63, 3.8) is 0 Å². The summed E-state index contributed by atoms with van der Waals surface area (Å²) in [4.78, 5) is 2.01. The van der Waals surface area contributed by atoms with Crippen molar-refractivity contribution in [1.29, 1.82) is 0 Å². The molecule has 0 radical (unpaired) electrons. The third-order valence-corrected chi connectivity index (χ3v) is 4.78. The van der Waals surface area contributed by atoms with Crippen molar-refractivity contribution in [3.05, 3.63) is 0 Å². The molecule has 0 bridgehead atoms. The normalized spacial score (nSPS) is 14.3. The van der Waals surface area contributed by atoms with E-state index in [-0.39, 0.29) is 6.04 Å². The fraction of sp³-hybridized carbons (Fsp3) is 1.00. The Morgan fingerprint density at radius 1 is 1.14 bits per heavy atom. The summed E-state index contributed by atoms with van der Waals surface area (Å²) in [7, 11) is 2.15. The predicted octanol–water partition coefficient (Wildman–Crippen LogP) is 0.729. The van der Waals surface area contributed by atoms with Crippen molar-refractivity contribution in [2.75, 3.05) is 47.3 Å². The average molecular weight is 323 g/mol. The van der Waals surface area contributed by atoms with E-state index in [9.17, 15) is 8.42 Å². The van der Waals surface area contributed by atoms with Gasteiger partial charge in [0, 0.05) is 26.2 Å². The summed E-state index contributed by atoms with van der Waals surface area (Å²) in [6, 6.07) is -0.0544. The van der Waals surface area contributed by atoms with Crippen molar-refractivity contribution in [2.45, 2.75) is 39.7 Å². The Bertz CT molecular complexity index is 348. The van der Waals surface area contributed by atoms with E-state index in [0.717, 1.165) is 25.9 Å². The van der Waals surface area contributed by atoms with Gasteiger partial charge in [0.05, 0.1) is 0 Å². The highest BCUT2D eigenvalue weighted by Crippen LogP contribution is 2.08. The molecule has 0 aliphatic carbocycles. The predicted molar refractivity (Wildman–Crippen MR) is 89.6 cm³/mol. The zero-order valence-corrected chi connectivity index (χ0v) is 15.3. The van der Waals surface area contributed by atoms with Gasteiger partial charge >= 0.3 is 0 Å². The monoisotopic (exact) mass is 322 g/mol. The van der Waals surface area contributed by atoms with E-state index in [2.05, 4.69) is 23.9 Å². The Hall–Kier alpha value is -0.210. The molecule has 0 saturated carbocycles. The molecule has 1 atom stereocenters. The highest BCUT2D eigenvalue weighted by atomic mass is 32.2. The fourth-order valence-electron chi connectivity index (χ4n) is 2.19. The summed E-state index contributed by atoms with van der Waals surface area (Å²) >= 11 is 0. The lowest BCUT2D eigenvalue weighted by atomic mass is 10.0. The summed E-state index contributed by atoms with van der Waals surface area (Å²) < 4.78 is 28.9. The third kappa shape index (κ3) is 10.2. The first-order valence-corrected chi connectivity index (χ1v) is 9.22. The van der Waals surface area contributed by atoms with Gasteiger partial charge < -0.3 is 10.2 Å². The van der Waals surface area contributed by atoms with Crippen LogP contribution in [0.25, 0.3) is 0 Å². The maximum Gasteiger partial charge on any atom is 0.279 e. The van der Waals surface area contributed by atoms with Crippen LogP contribution in [-0.4, -0.2) is 71.0 Å². The fourth-order valence-corrected chi connectivity index (χ4v) is 3.34. The lowest BCUT2D eigenvalue weighted by Gasteiger charge is -2.26. The van der Waals surface area contributed by atoms with Crippen LogP contribution in [0.3, 0.4) is 0 Å². The molecule has 0 spiro atoms. The van der Waals surface area contributed by atoms with Crippen LogP contribution < -0.4 is 10.0 Å². The van der Waals surface area contributed by atoms with Crippen molar-refractivity contribution in [3.8, 4) is 0 Å². The topological polar surface area (TPSA) is 64.7 Å². The van der Waals surface area contributed by atoms with E-state index in [0.29, 0.717) is 19.0 Å². The van der Waals surface area contributed by atoms with Gasteiger partial charge in [-0.05, 0) is 45.9 Å². The first kappa shape index (κ1) is 20.8. The molecule has 21 heavy (non-hydrogen) atoms. The van der Waals surface area contributed by atoms with Gasteiger partial charge in [-0.25, -0.2) is 0 Å². The maximum absolute atomic E-state index is 12.3. The minimum atomic E-state index is -3.41. The molecular formula is C14H34N4O2S. The third-order valence-electron chi connectivity index (χ3n) is 3.14. The number of nitrogens with one attached hydrogen (secondary N) is 2. The van der Waals surface area contributed by atoms with Crippen LogP contribution in [0.15, 0.2) is 0 Å². The van der Waals surface area contributed by atoms with Gasteiger partial charge in [0.25, 0.3) is 10.2 Å². The van der Waals surface area contributed by atoms with Gasteiger partial charge in [-0.15, -0.1) is 0 Å². The molecule has 1 unspecified atom stereocenters. The maximum atomic E-state index is 12.3. The molecule has 2 N–H and O–H groups in total. The van der Waals surface area contributed by atoms with Gasteiger partial charge in [-0.2, -0.15) is 17.4 Å². The number of nitrogens with zero attached hydrogens (tertiary/aromatic N) is 2. The van der Waals surface area contributed by atoms with Crippen LogP contribution in [0.5, 0.6) is 0 Å². The van der Waals surface area contributed by atoms with Gasteiger partial charge in [-0.3, -0.25) is 0 Å². The van der Waals surface area contributed by atoms with E-state index in [4.69, 9.17) is 0 Å². The molecule has 0 rings (SSSR count). The molecule has 0 fully saturated rings. The van der Waals surface area contributed by atoms with Gasteiger partial charge in [0.15, 0.2) is 0 Å². The average Bonchev–Trinajstić information content (AvgIpc) is 2.31. The lowest BCUT2D eigenvalue weighted by Crippen LogP contribution is -2.48. The van der Waals surface area contributed by atoms with E-state index < -0.39 is 10.2 Å². The minimum Gasteiger partial charge on any atom is -0.317 e. The minimum absolute atomic E-state index is 0.0544. The number of hydrogen-bond acceptors (Lipinski definition) is 4. The van der Waals surface area contributed by atoms with Crippen molar-refractivity contribution < 1.29 is 8.42 Å². The Balaban J connectivity index is 4.49. The molecule has 128 valence electrons. The molecule has 7 heteroatoms. The molecule has 6 nitrogen and oxygen atoms in total. The number of rotatable bonds is 12. The second kappa shape index (κ2) is 10.5. The van der Waals surface area contributed by atoms with Crippen LogP contribution >= 0.6 is 0 Å². The summed E-state index contributed by atoms with van der Waals surface area (Å²) in [5.41, 5.74) is 0. The van der Waals surface area contributed by atoms with Crippen LogP contribution in [-0.2, 0) is 10.2 Å². The van der Waals surface area contributed by atoms with Crippen molar-refractivity contribution in [2.24, 2.45) is 5.92 Å². The Morgan fingerprint density at radius 2 is 1.76 bits per heavy atom. The second-order valence-electron chi connectivity index (χ2n) is 6.24. The molecule has 0 amide bonds. The number of hydrogen-bond donors (Lipinski definition) is 2. The molecule has 0 aliphatic rings. The molecule has 0 aromatic heterocycles. The smallest absolute Gasteiger partial charge is 0.279 e. The Labute approximate surface area is 131 Å². The summed E-state index contributed by atoms with van der Waals surface area (Å²) in [5.74, 6) is 0.455. The van der Waals surface area contributed by atoms with E-state index in [1.807, 2.05) is 25.9 Å².